The molecule has 4 heterocycles. The van der Waals surface area contributed by atoms with E-state index in [2.05, 4.69) is 53.8 Å². The van der Waals surface area contributed by atoms with Crippen molar-refractivity contribution in [2.24, 2.45) is 0 Å². The van der Waals surface area contributed by atoms with Crippen LogP contribution in [0.5, 0.6) is 11.5 Å². The first kappa shape index (κ1) is 56.6. The number of piperazine rings is 2. The first-order valence-electron chi connectivity index (χ1n) is 27.8. The molecule has 0 unspecified atom stereocenters. The van der Waals surface area contributed by atoms with Crippen molar-refractivity contribution in [1.82, 2.24) is 51.5 Å². The summed E-state index contributed by atoms with van der Waals surface area (Å²) in [5, 5.41) is 38.8. The van der Waals surface area contributed by atoms with Crippen LogP contribution in [-0.4, -0.2) is 174 Å². The van der Waals surface area contributed by atoms with Gasteiger partial charge in [-0.1, -0.05) is 23.2 Å². The lowest BCUT2D eigenvalue weighted by molar-refractivity contribution is 0.0665. The Morgan fingerprint density at radius 2 is 0.988 bits per heavy atom. The summed E-state index contributed by atoms with van der Waals surface area (Å²) < 4.78 is 25.0. The summed E-state index contributed by atoms with van der Waals surface area (Å²) in [4.78, 5) is 59.6. The number of benzene rings is 4. The van der Waals surface area contributed by atoms with Crippen LogP contribution in [0.3, 0.4) is 0 Å². The lowest BCUT2D eigenvalue weighted by Gasteiger charge is -2.36. The fraction of sp³-hybridized carbons (Fsp3) is 0.483. The van der Waals surface area contributed by atoms with Crippen LogP contribution in [-0.2, 0) is 35.4 Å². The van der Waals surface area contributed by atoms with Gasteiger partial charge >= 0.3 is 12.1 Å². The van der Waals surface area contributed by atoms with Gasteiger partial charge in [-0.15, -0.1) is 0 Å². The minimum atomic E-state index is -0.316. The SMILES string of the molecule is N#Cc1cc(Cl)cc2c1C[C@H](N1CCNCC1)[C@H]2Oc1ccc2c(c1)CN(CCOCCNC(=O)NCCCCNC(=O)NCCOCCN1Cc3cc(O[C@H]4c5cc(Cl)cc(C#N)c5C[C@@H]4N4CCNCC4)ccc3C1=O)C2=O. The molecule has 6 amide bonds. The number of hydrogen-bond acceptors (Lipinski definition) is 14. The number of unbranched alkanes of at least 4 members (excludes halogenated alkanes) is 1. The second kappa shape index (κ2) is 26.7. The number of hydrogen-bond donors (Lipinski definition) is 6. The molecule has 6 aliphatic rings. The first-order chi connectivity index (χ1) is 39.0. The number of carbonyl (C=O) groups excluding carboxylic acids is 4. The number of halogens is 2. The molecule has 80 heavy (non-hydrogen) atoms. The molecule has 4 aromatic rings. The number of nitrogens with zero attached hydrogens (tertiary/aromatic N) is 6. The molecule has 4 atom stereocenters. The predicted molar refractivity (Wildman–Crippen MR) is 299 cm³/mol. The quantitative estimate of drug-likeness (QED) is 0.0555. The van der Waals surface area contributed by atoms with Crippen LogP contribution in [0.4, 0.5) is 9.59 Å². The van der Waals surface area contributed by atoms with Crippen molar-refractivity contribution >= 4 is 47.1 Å². The van der Waals surface area contributed by atoms with Gasteiger partial charge in [0.1, 0.15) is 23.7 Å². The van der Waals surface area contributed by atoms with Gasteiger partial charge < -0.3 is 60.6 Å². The lowest BCUT2D eigenvalue weighted by atomic mass is 10.0. The third-order valence-electron chi connectivity index (χ3n) is 15.8. The lowest BCUT2D eigenvalue weighted by Crippen LogP contribution is -2.50. The largest absolute Gasteiger partial charge is 0.484 e. The zero-order valence-corrected chi connectivity index (χ0v) is 46.3. The molecule has 4 aliphatic heterocycles. The Balaban J connectivity index is 0.552. The Bertz CT molecular complexity index is 2820. The topological polar surface area (TPSA) is 238 Å². The van der Waals surface area contributed by atoms with Crippen molar-refractivity contribution in [1.29, 1.82) is 10.5 Å². The van der Waals surface area contributed by atoms with Gasteiger partial charge in [0.05, 0.1) is 61.8 Å². The number of urea groups is 2. The monoisotopic (exact) mass is 1130 g/mol. The van der Waals surface area contributed by atoms with Crippen LogP contribution in [0.25, 0.3) is 0 Å². The molecule has 0 radical (unpaired) electrons. The van der Waals surface area contributed by atoms with E-state index >= 15 is 0 Å². The molecular formula is C58H68Cl2N12O8. The molecule has 2 saturated heterocycles. The van der Waals surface area contributed by atoms with Gasteiger partial charge in [-0.05, 0) is 120 Å². The highest BCUT2D eigenvalue weighted by Crippen LogP contribution is 2.44. The molecule has 0 spiro atoms. The molecule has 0 saturated carbocycles. The third-order valence-corrected chi connectivity index (χ3v) is 16.2. The van der Waals surface area contributed by atoms with Crippen molar-refractivity contribution in [2.75, 3.05) is 118 Å². The summed E-state index contributed by atoms with van der Waals surface area (Å²) in [6.07, 6.45) is 2.10. The van der Waals surface area contributed by atoms with Crippen LogP contribution in [0.1, 0.15) is 90.3 Å². The van der Waals surface area contributed by atoms with E-state index < -0.39 is 0 Å². The van der Waals surface area contributed by atoms with Crippen molar-refractivity contribution < 1.29 is 38.1 Å². The van der Waals surface area contributed by atoms with E-state index in [0.29, 0.717) is 135 Å². The van der Waals surface area contributed by atoms with Gasteiger partial charge in [0.15, 0.2) is 0 Å². The predicted octanol–water partition coefficient (Wildman–Crippen LogP) is 4.66. The van der Waals surface area contributed by atoms with Crippen LogP contribution in [0.2, 0.25) is 10.0 Å². The highest BCUT2D eigenvalue weighted by Gasteiger charge is 2.42. The summed E-state index contributed by atoms with van der Waals surface area (Å²) in [6.45, 7) is 11.4. The van der Waals surface area contributed by atoms with Gasteiger partial charge in [-0.25, -0.2) is 9.59 Å². The normalized spacial score (nSPS) is 20.4. The second-order valence-corrected chi connectivity index (χ2v) is 21.7. The molecule has 422 valence electrons. The van der Waals surface area contributed by atoms with Crippen molar-refractivity contribution in [3.8, 4) is 23.6 Å². The molecule has 2 fully saturated rings. The number of nitrogens with one attached hydrogen (secondary N) is 6. The number of rotatable bonds is 23. The minimum absolute atomic E-state index is 0.0504. The van der Waals surface area contributed by atoms with Crippen LogP contribution in [0, 0.1) is 22.7 Å². The molecule has 2 aliphatic carbocycles. The fourth-order valence-electron chi connectivity index (χ4n) is 11.8. The number of nitriles is 2. The van der Waals surface area contributed by atoms with Crippen LogP contribution in [0.15, 0.2) is 60.7 Å². The van der Waals surface area contributed by atoms with Crippen LogP contribution < -0.4 is 41.4 Å². The zero-order chi connectivity index (χ0) is 55.5. The molecule has 0 aromatic heterocycles. The Kier molecular flexibility index (Phi) is 18.9. The van der Waals surface area contributed by atoms with Crippen molar-refractivity contribution in [2.45, 2.75) is 63.1 Å². The minimum Gasteiger partial charge on any atom is -0.484 e. The van der Waals surface area contributed by atoms with E-state index in [-0.39, 0.29) is 61.4 Å². The van der Waals surface area contributed by atoms with Gasteiger partial charge in [0, 0.05) is 126 Å². The molecule has 20 nitrogen and oxygen atoms in total. The Morgan fingerprint density at radius 1 is 0.575 bits per heavy atom. The van der Waals surface area contributed by atoms with E-state index in [1.165, 1.54) is 0 Å². The van der Waals surface area contributed by atoms with Gasteiger partial charge in [0.25, 0.3) is 11.8 Å². The van der Waals surface area contributed by atoms with Crippen molar-refractivity contribution in [3.63, 3.8) is 0 Å². The van der Waals surface area contributed by atoms with Gasteiger partial charge in [0.2, 0.25) is 0 Å². The zero-order valence-electron chi connectivity index (χ0n) is 44.8. The van der Waals surface area contributed by atoms with E-state index in [9.17, 15) is 29.7 Å². The fourth-order valence-corrected chi connectivity index (χ4v) is 12.3. The standard InChI is InChI=1S/C58H68Cl2N12O8/c59-41-25-37(33-61)47-31-51(69-15-9-63-10-16-69)53(49(47)29-41)79-43-3-5-45-39(27-43)35-71(55(45)73)19-23-77-21-13-67-57(75)65-7-1-2-8-66-58(76)68-14-22-78-24-20-72-36-40-28-44(4-6-46(40)56(72)74)80-54-50-30-42(60)26-38(34-62)48(50)32-52(54)70-17-11-64-12-18-70/h3-6,25-30,51-54,63-64H,1-2,7-24,31-32,35-36H2,(H2,65,67,75)(H2,66,68,76)/t51-,52-,53-,54-/m0/s1. The van der Waals surface area contributed by atoms with E-state index in [4.69, 9.17) is 42.1 Å². The number of fused-ring (bicyclic) bond motifs is 4. The highest BCUT2D eigenvalue weighted by atomic mass is 35.5. The molecule has 22 heteroatoms. The van der Waals surface area contributed by atoms with Gasteiger partial charge in [-0.2, -0.15) is 10.5 Å². The summed E-state index contributed by atoms with van der Waals surface area (Å²) in [5.74, 6) is 1.18. The van der Waals surface area contributed by atoms with E-state index in [1.807, 2.05) is 48.5 Å². The van der Waals surface area contributed by atoms with E-state index in [1.54, 1.807) is 21.9 Å². The maximum Gasteiger partial charge on any atom is 0.314 e. The van der Waals surface area contributed by atoms with Crippen molar-refractivity contribution in [3.05, 3.63) is 126 Å². The maximum atomic E-state index is 13.3. The van der Waals surface area contributed by atoms with Gasteiger partial charge in [-0.3, -0.25) is 19.4 Å². The molecule has 10 rings (SSSR count). The molecule has 6 N–H and O–H groups in total. The number of carbonyl (C=O) groups is 4. The Hall–Kier alpha value is -6.72. The third kappa shape index (κ3) is 13.4. The molecular weight excluding hydrogens is 1060 g/mol. The maximum absolute atomic E-state index is 13.3. The Labute approximate surface area is 476 Å². The highest BCUT2D eigenvalue weighted by molar-refractivity contribution is 6.31. The summed E-state index contributed by atoms with van der Waals surface area (Å²) in [6, 6.07) is 22.6. The smallest absolute Gasteiger partial charge is 0.314 e. The summed E-state index contributed by atoms with van der Waals surface area (Å²) in [7, 11) is 0. The Morgan fingerprint density at radius 3 is 1.40 bits per heavy atom. The number of amides is 6. The summed E-state index contributed by atoms with van der Waals surface area (Å²) >= 11 is 13.0. The first-order valence-corrected chi connectivity index (χ1v) is 28.5. The summed E-state index contributed by atoms with van der Waals surface area (Å²) in [5.41, 5.74) is 8.02. The van der Waals surface area contributed by atoms with E-state index in [0.717, 1.165) is 85.7 Å². The second-order valence-electron chi connectivity index (χ2n) is 20.8. The number of ether oxygens (including phenoxy) is 4. The van der Waals surface area contributed by atoms with Crippen LogP contribution >= 0.6 is 23.2 Å². The average Bonchev–Trinajstić information content (AvgIpc) is 4.21. The molecule has 0 bridgehead atoms. The average molecular weight is 1130 g/mol. The molecule has 4 aromatic carbocycles.